The molecule has 0 fully saturated rings. The van der Waals surface area contributed by atoms with E-state index in [9.17, 15) is 8.42 Å². The Bertz CT molecular complexity index is 752. The van der Waals surface area contributed by atoms with Crippen molar-refractivity contribution in [1.29, 1.82) is 0 Å². The lowest BCUT2D eigenvalue weighted by Crippen LogP contribution is -2.13. The van der Waals surface area contributed by atoms with Crippen molar-refractivity contribution in [1.82, 2.24) is 4.98 Å². The molecule has 21 heavy (non-hydrogen) atoms. The lowest BCUT2D eigenvalue weighted by molar-refractivity contribution is 0.601. The number of aryl methyl sites for hydroxylation is 3. The number of nitrogens with one attached hydrogen (secondary N) is 1. The first kappa shape index (κ1) is 15.8. The maximum absolute atomic E-state index is 12.4. The normalized spacial score (nSPS) is 11.6. The van der Waals surface area contributed by atoms with Crippen LogP contribution in [0.2, 0.25) is 0 Å². The van der Waals surface area contributed by atoms with Gasteiger partial charge in [-0.2, -0.15) is 0 Å². The number of aromatic nitrogens is 1. The molecule has 2 rings (SSSR count). The zero-order chi connectivity index (χ0) is 15.6. The fourth-order valence-corrected chi connectivity index (χ4v) is 4.21. The first-order chi connectivity index (χ1) is 9.87. The third-order valence-electron chi connectivity index (χ3n) is 3.26. The van der Waals surface area contributed by atoms with E-state index < -0.39 is 10.0 Å². The van der Waals surface area contributed by atoms with Crippen LogP contribution in [-0.4, -0.2) is 13.4 Å². The summed E-state index contributed by atoms with van der Waals surface area (Å²) >= 11 is 1.34. The van der Waals surface area contributed by atoms with Gasteiger partial charge >= 0.3 is 0 Å². The van der Waals surface area contributed by atoms with Crippen molar-refractivity contribution in [2.45, 2.75) is 38.5 Å². The minimum atomic E-state index is -3.65. The molecule has 0 aliphatic rings. The molecular formula is C14H19N3O2S2. The summed E-state index contributed by atoms with van der Waals surface area (Å²) in [5.41, 5.74) is 8.21. The highest BCUT2D eigenvalue weighted by Crippen LogP contribution is 2.26. The van der Waals surface area contributed by atoms with Crippen LogP contribution in [0.1, 0.15) is 30.0 Å². The van der Waals surface area contributed by atoms with E-state index in [1.54, 1.807) is 12.1 Å². The molecule has 1 aromatic heterocycles. The SMILES string of the molecule is CCc1ccc(S(=O)(=O)Nc2nc(CC)c(C)s2)cc1N. The van der Waals surface area contributed by atoms with Gasteiger partial charge in [0.25, 0.3) is 10.0 Å². The van der Waals surface area contributed by atoms with E-state index in [2.05, 4.69) is 9.71 Å². The fraction of sp³-hybridized carbons (Fsp3) is 0.357. The summed E-state index contributed by atoms with van der Waals surface area (Å²) in [6, 6.07) is 4.80. The third-order valence-corrected chi connectivity index (χ3v) is 5.65. The van der Waals surface area contributed by atoms with E-state index in [4.69, 9.17) is 5.73 Å². The molecule has 2 aromatic rings. The van der Waals surface area contributed by atoms with Gasteiger partial charge in [0.1, 0.15) is 0 Å². The minimum Gasteiger partial charge on any atom is -0.398 e. The first-order valence-electron chi connectivity index (χ1n) is 6.75. The second kappa shape index (κ2) is 6.03. The van der Waals surface area contributed by atoms with Gasteiger partial charge in [-0.05, 0) is 37.5 Å². The van der Waals surface area contributed by atoms with Gasteiger partial charge in [-0.1, -0.05) is 19.9 Å². The second-order valence-electron chi connectivity index (χ2n) is 4.70. The lowest BCUT2D eigenvalue weighted by Gasteiger charge is -2.08. The molecule has 0 saturated carbocycles. The van der Waals surface area contributed by atoms with E-state index in [0.29, 0.717) is 10.8 Å². The summed E-state index contributed by atoms with van der Waals surface area (Å²) < 4.78 is 27.2. The van der Waals surface area contributed by atoms with E-state index in [-0.39, 0.29) is 4.90 Å². The second-order valence-corrected chi connectivity index (χ2v) is 7.58. The van der Waals surface area contributed by atoms with Crippen LogP contribution in [0, 0.1) is 6.92 Å². The van der Waals surface area contributed by atoms with Crippen LogP contribution in [0.5, 0.6) is 0 Å². The molecule has 5 nitrogen and oxygen atoms in total. The van der Waals surface area contributed by atoms with Crippen LogP contribution >= 0.6 is 11.3 Å². The maximum Gasteiger partial charge on any atom is 0.263 e. The van der Waals surface area contributed by atoms with Crippen LogP contribution in [0.15, 0.2) is 23.1 Å². The first-order valence-corrected chi connectivity index (χ1v) is 9.04. The molecule has 0 aliphatic heterocycles. The molecule has 3 N–H and O–H groups in total. The van der Waals surface area contributed by atoms with Gasteiger partial charge in [0.05, 0.1) is 10.6 Å². The minimum absolute atomic E-state index is 0.156. The van der Waals surface area contributed by atoms with Gasteiger partial charge in [0.2, 0.25) is 0 Å². The van der Waals surface area contributed by atoms with E-state index >= 15 is 0 Å². The van der Waals surface area contributed by atoms with Gasteiger partial charge in [0, 0.05) is 10.6 Å². The molecule has 0 atom stereocenters. The summed E-state index contributed by atoms with van der Waals surface area (Å²) in [7, 11) is -3.65. The quantitative estimate of drug-likeness (QED) is 0.828. The summed E-state index contributed by atoms with van der Waals surface area (Å²) in [5, 5.41) is 0.391. The van der Waals surface area contributed by atoms with Gasteiger partial charge < -0.3 is 5.73 Å². The third kappa shape index (κ3) is 3.36. The van der Waals surface area contributed by atoms with Crippen molar-refractivity contribution in [3.05, 3.63) is 34.3 Å². The Hall–Kier alpha value is -1.60. The highest BCUT2D eigenvalue weighted by Gasteiger charge is 2.18. The van der Waals surface area contributed by atoms with Crippen molar-refractivity contribution < 1.29 is 8.42 Å². The number of benzene rings is 1. The molecule has 1 heterocycles. The van der Waals surface area contributed by atoms with Crippen LogP contribution < -0.4 is 10.5 Å². The Balaban J connectivity index is 2.31. The number of hydrogen-bond acceptors (Lipinski definition) is 5. The van der Waals surface area contributed by atoms with Crippen molar-refractivity contribution in [3.63, 3.8) is 0 Å². The highest BCUT2D eigenvalue weighted by atomic mass is 32.2. The summed E-state index contributed by atoms with van der Waals surface area (Å²) in [6.45, 7) is 5.90. The number of nitrogens with two attached hydrogens (primary N) is 1. The van der Waals surface area contributed by atoms with Crippen LogP contribution in [-0.2, 0) is 22.9 Å². The van der Waals surface area contributed by atoms with Crippen molar-refractivity contribution in [3.8, 4) is 0 Å². The monoisotopic (exact) mass is 325 g/mol. The van der Waals surface area contributed by atoms with Crippen molar-refractivity contribution in [2.24, 2.45) is 0 Å². The molecule has 0 amide bonds. The van der Waals surface area contributed by atoms with Gasteiger partial charge in [-0.15, -0.1) is 11.3 Å². The highest BCUT2D eigenvalue weighted by molar-refractivity contribution is 7.93. The largest absolute Gasteiger partial charge is 0.398 e. The van der Waals surface area contributed by atoms with Crippen LogP contribution in [0.4, 0.5) is 10.8 Å². The average molecular weight is 325 g/mol. The van der Waals surface area contributed by atoms with Gasteiger partial charge in [-0.3, -0.25) is 4.72 Å². The van der Waals surface area contributed by atoms with Gasteiger partial charge in [0.15, 0.2) is 5.13 Å². The molecule has 0 aliphatic carbocycles. The molecule has 1 aromatic carbocycles. The Morgan fingerprint density at radius 3 is 2.52 bits per heavy atom. The zero-order valence-corrected chi connectivity index (χ0v) is 13.9. The average Bonchev–Trinajstić information content (AvgIpc) is 2.77. The van der Waals surface area contributed by atoms with E-state index in [1.807, 2.05) is 20.8 Å². The molecule has 0 spiro atoms. The number of rotatable bonds is 5. The van der Waals surface area contributed by atoms with Crippen molar-refractivity contribution >= 4 is 32.2 Å². The smallest absolute Gasteiger partial charge is 0.263 e. The fourth-order valence-electron chi connectivity index (χ4n) is 2.04. The number of hydrogen-bond donors (Lipinski definition) is 2. The predicted molar refractivity (Wildman–Crippen MR) is 87.3 cm³/mol. The maximum atomic E-state index is 12.4. The molecule has 7 heteroatoms. The zero-order valence-electron chi connectivity index (χ0n) is 12.3. The Labute approximate surface area is 129 Å². The van der Waals surface area contributed by atoms with E-state index in [0.717, 1.165) is 29.0 Å². The molecule has 0 radical (unpaired) electrons. The van der Waals surface area contributed by atoms with Crippen LogP contribution in [0.25, 0.3) is 0 Å². The van der Waals surface area contributed by atoms with Crippen LogP contribution in [0.3, 0.4) is 0 Å². The van der Waals surface area contributed by atoms with E-state index in [1.165, 1.54) is 17.4 Å². The van der Waals surface area contributed by atoms with Gasteiger partial charge in [-0.25, -0.2) is 13.4 Å². The molecule has 114 valence electrons. The Morgan fingerprint density at radius 2 is 2.00 bits per heavy atom. The number of nitrogen functional groups attached to an aromatic ring is 1. The summed E-state index contributed by atoms with van der Waals surface area (Å²) in [6.07, 6.45) is 1.55. The Morgan fingerprint density at radius 1 is 1.29 bits per heavy atom. The number of nitrogens with zero attached hydrogens (tertiary/aromatic N) is 1. The predicted octanol–water partition coefficient (Wildman–Crippen LogP) is 2.96. The molecular weight excluding hydrogens is 306 g/mol. The number of anilines is 2. The number of sulfonamides is 1. The molecule has 0 unspecified atom stereocenters. The topological polar surface area (TPSA) is 85.1 Å². The summed E-state index contributed by atoms with van der Waals surface area (Å²) in [4.78, 5) is 5.47. The molecule has 0 bridgehead atoms. The number of thiazole rings is 1. The Kier molecular flexibility index (Phi) is 4.53. The lowest BCUT2D eigenvalue weighted by atomic mass is 10.1. The summed E-state index contributed by atoms with van der Waals surface area (Å²) in [5.74, 6) is 0. The molecule has 0 saturated heterocycles. The van der Waals surface area contributed by atoms with Crippen molar-refractivity contribution in [2.75, 3.05) is 10.5 Å². The standard InChI is InChI=1S/C14H19N3O2S2/c1-4-10-6-7-11(8-12(10)15)21(18,19)17-14-16-13(5-2)9(3)20-14/h6-8H,4-5,15H2,1-3H3,(H,16,17).